The maximum atomic E-state index is 5.45. The fraction of sp³-hybridized carbons (Fsp3) is 1.00. The average molecular weight is 192 g/mol. The zero-order valence-corrected chi connectivity index (χ0v) is 7.68. The molecule has 0 saturated carbocycles. The van der Waals surface area contributed by atoms with Crippen LogP contribution in [0.2, 0.25) is 0 Å². The molecule has 4 heteroatoms. The van der Waals surface area contributed by atoms with Crippen LogP contribution in [0.3, 0.4) is 0 Å². The van der Waals surface area contributed by atoms with Crippen molar-refractivity contribution in [2.75, 3.05) is 31.9 Å². The predicted octanol–water partition coefficient (Wildman–Crippen LogP) is -1.60. The molecule has 0 aromatic heterocycles. The maximum absolute atomic E-state index is 5.45. The van der Waals surface area contributed by atoms with Gasteiger partial charge in [-0.25, -0.2) is 0 Å². The van der Waals surface area contributed by atoms with Gasteiger partial charge in [0.15, 0.2) is 0 Å². The molecule has 0 aromatic carbocycles. The Balaban J connectivity index is 0. The zero-order chi connectivity index (χ0) is 6.41. The second-order valence-corrected chi connectivity index (χ2v) is 2.44. The highest BCUT2D eigenvalue weighted by molar-refractivity contribution is 6.18. The topological polar surface area (TPSA) is 3.24 Å². The molecule has 0 amide bonds. The largest absolute Gasteiger partial charge is 1.00 e. The molecule has 0 atom stereocenters. The van der Waals surface area contributed by atoms with Gasteiger partial charge >= 0.3 is 0 Å². The van der Waals surface area contributed by atoms with Crippen molar-refractivity contribution in [3.05, 3.63) is 0 Å². The lowest BCUT2D eigenvalue weighted by Gasteiger charge is -2.11. The fourth-order valence-electron chi connectivity index (χ4n) is 0.400. The van der Waals surface area contributed by atoms with Crippen LogP contribution >= 0.6 is 23.2 Å². The van der Waals surface area contributed by atoms with Crippen molar-refractivity contribution in [3.63, 3.8) is 0 Å². The molecule has 0 spiro atoms. The van der Waals surface area contributed by atoms with Crippen LogP contribution in [0.25, 0.3) is 0 Å². The SMILES string of the molecule is CN(CCCl)CCCl.[Cl-]. The van der Waals surface area contributed by atoms with E-state index in [2.05, 4.69) is 4.90 Å². The van der Waals surface area contributed by atoms with E-state index in [1.165, 1.54) is 0 Å². The third kappa shape index (κ3) is 8.83. The van der Waals surface area contributed by atoms with Gasteiger partial charge in [0.2, 0.25) is 0 Å². The van der Waals surface area contributed by atoms with Crippen molar-refractivity contribution in [2.45, 2.75) is 0 Å². The van der Waals surface area contributed by atoms with Gasteiger partial charge in [-0.05, 0) is 7.05 Å². The first kappa shape index (κ1) is 12.5. The molecule has 0 aliphatic heterocycles. The number of rotatable bonds is 4. The van der Waals surface area contributed by atoms with Crippen LogP contribution < -0.4 is 12.4 Å². The van der Waals surface area contributed by atoms with Crippen LogP contribution in [0.15, 0.2) is 0 Å². The molecule has 0 fully saturated rings. The summed E-state index contributed by atoms with van der Waals surface area (Å²) in [6, 6.07) is 0. The van der Waals surface area contributed by atoms with E-state index in [1.54, 1.807) is 0 Å². The Morgan fingerprint density at radius 3 is 1.67 bits per heavy atom. The molecule has 0 radical (unpaired) electrons. The van der Waals surface area contributed by atoms with Gasteiger partial charge in [-0.15, -0.1) is 23.2 Å². The molecule has 0 N–H and O–H groups in total. The van der Waals surface area contributed by atoms with Crippen LogP contribution in [0.1, 0.15) is 0 Å². The van der Waals surface area contributed by atoms with Crippen molar-refractivity contribution < 1.29 is 12.4 Å². The number of nitrogens with zero attached hydrogens (tertiary/aromatic N) is 1. The summed E-state index contributed by atoms with van der Waals surface area (Å²) in [4.78, 5) is 2.10. The number of hydrogen-bond donors (Lipinski definition) is 0. The summed E-state index contributed by atoms with van der Waals surface area (Å²) in [5.74, 6) is 1.38. The van der Waals surface area contributed by atoms with Gasteiger partial charge in [0.05, 0.1) is 0 Å². The summed E-state index contributed by atoms with van der Waals surface area (Å²) < 4.78 is 0. The number of halogens is 3. The van der Waals surface area contributed by atoms with Gasteiger partial charge in [-0.1, -0.05) is 0 Å². The molecule has 0 rings (SSSR count). The first-order valence-electron chi connectivity index (χ1n) is 2.61. The molecule has 0 aromatic rings. The van der Waals surface area contributed by atoms with Crippen LogP contribution in [0, 0.1) is 0 Å². The van der Waals surface area contributed by atoms with Gasteiger partial charge < -0.3 is 17.3 Å². The predicted molar refractivity (Wildman–Crippen MR) is 38.9 cm³/mol. The van der Waals surface area contributed by atoms with Crippen LogP contribution in [0.5, 0.6) is 0 Å². The van der Waals surface area contributed by atoms with E-state index in [0.29, 0.717) is 11.8 Å². The summed E-state index contributed by atoms with van der Waals surface area (Å²) in [5, 5.41) is 0. The molecular weight excluding hydrogens is 180 g/mol. The summed E-state index contributed by atoms with van der Waals surface area (Å²) in [5.41, 5.74) is 0. The lowest BCUT2D eigenvalue weighted by molar-refractivity contribution is -0.00000163. The molecule has 1 nitrogen and oxygen atoms in total. The van der Waals surface area contributed by atoms with Gasteiger partial charge in [-0.2, -0.15) is 0 Å². The Morgan fingerprint density at radius 1 is 1.11 bits per heavy atom. The second kappa shape index (κ2) is 8.83. The Labute approximate surface area is 72.7 Å². The van der Waals surface area contributed by atoms with Crippen molar-refractivity contribution in [3.8, 4) is 0 Å². The normalized spacial score (nSPS) is 9.33. The molecule has 0 saturated heterocycles. The van der Waals surface area contributed by atoms with Crippen LogP contribution in [0.4, 0.5) is 0 Å². The molecule has 0 unspecified atom stereocenters. The Morgan fingerprint density at radius 2 is 1.44 bits per heavy atom. The van der Waals surface area contributed by atoms with E-state index >= 15 is 0 Å². The molecule has 0 aliphatic carbocycles. The summed E-state index contributed by atoms with van der Waals surface area (Å²) in [7, 11) is 2.00. The maximum Gasteiger partial charge on any atom is 0.0351 e. The van der Waals surface area contributed by atoms with Crippen molar-refractivity contribution in [2.24, 2.45) is 0 Å². The number of hydrogen-bond acceptors (Lipinski definition) is 1. The van der Waals surface area contributed by atoms with Crippen LogP contribution in [-0.4, -0.2) is 36.8 Å². The highest BCUT2D eigenvalue weighted by atomic mass is 35.5. The third-order valence-electron chi connectivity index (χ3n) is 0.932. The summed E-state index contributed by atoms with van der Waals surface area (Å²) >= 11 is 10.9. The van der Waals surface area contributed by atoms with Crippen molar-refractivity contribution in [1.82, 2.24) is 4.90 Å². The third-order valence-corrected chi connectivity index (χ3v) is 1.27. The van der Waals surface area contributed by atoms with Gasteiger partial charge in [0, 0.05) is 24.8 Å². The lowest BCUT2D eigenvalue weighted by Crippen LogP contribution is -3.00. The molecular formula is C5H11Cl3N-. The minimum absolute atomic E-state index is 0. The van der Waals surface area contributed by atoms with Gasteiger partial charge in [0.1, 0.15) is 0 Å². The van der Waals surface area contributed by atoms with E-state index in [4.69, 9.17) is 23.2 Å². The number of alkyl halides is 2. The summed E-state index contributed by atoms with van der Waals surface area (Å²) in [6.45, 7) is 1.85. The fourth-order valence-corrected chi connectivity index (χ4v) is 0.977. The second-order valence-electron chi connectivity index (χ2n) is 1.68. The molecule has 0 bridgehead atoms. The molecule has 58 valence electrons. The smallest absolute Gasteiger partial charge is 0.0351 e. The standard InChI is InChI=1S/C5H11Cl2N.ClH/c1-8(4-2-6)5-3-7;/h2-5H2,1H3;1H/p-1. The van der Waals surface area contributed by atoms with Crippen molar-refractivity contribution >= 4 is 23.2 Å². The minimum atomic E-state index is 0. The zero-order valence-electron chi connectivity index (χ0n) is 5.41. The van der Waals surface area contributed by atoms with Crippen molar-refractivity contribution in [1.29, 1.82) is 0 Å². The van der Waals surface area contributed by atoms with E-state index < -0.39 is 0 Å². The van der Waals surface area contributed by atoms with E-state index in [9.17, 15) is 0 Å². The molecule has 0 heterocycles. The monoisotopic (exact) mass is 190 g/mol. The molecule has 0 aliphatic rings. The minimum Gasteiger partial charge on any atom is -1.00 e. The quantitative estimate of drug-likeness (QED) is 0.484. The van der Waals surface area contributed by atoms with Gasteiger partial charge in [-0.3, -0.25) is 0 Å². The average Bonchev–Trinajstić information content (AvgIpc) is 1.68. The van der Waals surface area contributed by atoms with E-state index in [1.807, 2.05) is 7.05 Å². The lowest BCUT2D eigenvalue weighted by atomic mass is 10.6. The first-order chi connectivity index (χ1) is 3.81. The van der Waals surface area contributed by atoms with Crippen LogP contribution in [-0.2, 0) is 0 Å². The Kier molecular flexibility index (Phi) is 12.3. The highest BCUT2D eigenvalue weighted by Crippen LogP contribution is 1.85. The highest BCUT2D eigenvalue weighted by Gasteiger charge is 1.92. The summed E-state index contributed by atoms with van der Waals surface area (Å²) in [6.07, 6.45) is 0. The molecule has 9 heavy (non-hydrogen) atoms. The van der Waals surface area contributed by atoms with E-state index in [-0.39, 0.29) is 12.4 Å². The Hall–Kier alpha value is 0.830. The van der Waals surface area contributed by atoms with E-state index in [0.717, 1.165) is 13.1 Å². The van der Waals surface area contributed by atoms with Gasteiger partial charge in [0.25, 0.3) is 0 Å². The first-order valence-corrected chi connectivity index (χ1v) is 3.68. The Bertz CT molecular complexity index is 45.5.